The van der Waals surface area contributed by atoms with Gasteiger partial charge in [0.05, 0.1) is 13.2 Å². The molecule has 0 bridgehead atoms. The summed E-state index contributed by atoms with van der Waals surface area (Å²) in [6.45, 7) is 0.622. The first-order valence-electron chi connectivity index (χ1n) is 6.77. The summed E-state index contributed by atoms with van der Waals surface area (Å²) in [4.78, 5) is 5.91. The number of methoxy groups -OCH3 is 1. The number of halogens is 1. The average molecular weight is 289 g/mol. The lowest BCUT2D eigenvalue weighted by molar-refractivity contribution is 0.310. The van der Waals surface area contributed by atoms with Crippen LogP contribution in [0.15, 0.2) is 42.5 Å². The van der Waals surface area contributed by atoms with Crippen molar-refractivity contribution in [1.82, 2.24) is 9.88 Å². The molecule has 1 unspecified atom stereocenters. The Bertz CT molecular complexity index is 589. The molecule has 2 rings (SSSR count). The first-order chi connectivity index (χ1) is 10.1. The van der Waals surface area contributed by atoms with Gasteiger partial charge < -0.3 is 15.0 Å². The Morgan fingerprint density at radius 1 is 1.24 bits per heavy atom. The Labute approximate surface area is 124 Å². The molecule has 4 nitrogen and oxygen atoms in total. The highest BCUT2D eigenvalue weighted by molar-refractivity contribution is 5.36. The molecule has 1 N–H and O–H groups in total. The van der Waals surface area contributed by atoms with Crippen LogP contribution in [0.5, 0.6) is 5.75 Å². The molecule has 0 radical (unpaired) electrons. The highest BCUT2D eigenvalue weighted by Gasteiger charge is 2.14. The minimum Gasteiger partial charge on any atom is -0.497 e. The molecule has 0 fully saturated rings. The number of aromatic nitrogens is 1. The molecule has 1 aromatic heterocycles. The number of anilines is 1. The van der Waals surface area contributed by atoms with E-state index in [-0.39, 0.29) is 6.04 Å². The van der Waals surface area contributed by atoms with Gasteiger partial charge in [0.25, 0.3) is 0 Å². The van der Waals surface area contributed by atoms with Crippen LogP contribution in [-0.2, 0) is 0 Å². The Hall–Kier alpha value is -2.14. The molecule has 0 aliphatic heterocycles. The highest BCUT2D eigenvalue weighted by Crippen LogP contribution is 2.23. The van der Waals surface area contributed by atoms with E-state index in [0.717, 1.165) is 11.3 Å². The quantitative estimate of drug-likeness (QED) is 0.830. The monoisotopic (exact) mass is 289 g/mol. The molecule has 1 atom stereocenters. The van der Waals surface area contributed by atoms with Crippen LogP contribution in [0.25, 0.3) is 0 Å². The molecule has 0 spiro atoms. The fraction of sp³-hybridized carbons (Fsp3) is 0.312. The van der Waals surface area contributed by atoms with Crippen molar-refractivity contribution >= 4 is 5.82 Å². The number of ether oxygens (including phenoxy) is 1. The van der Waals surface area contributed by atoms with Gasteiger partial charge in [0.1, 0.15) is 11.6 Å². The normalized spacial score (nSPS) is 12.2. The average Bonchev–Trinajstić information content (AvgIpc) is 2.47. The molecule has 1 heterocycles. The van der Waals surface area contributed by atoms with E-state index in [1.54, 1.807) is 19.2 Å². The van der Waals surface area contributed by atoms with Crippen molar-refractivity contribution in [2.45, 2.75) is 6.04 Å². The molecule has 0 saturated heterocycles. The Balaban J connectivity index is 2.12. The second-order valence-corrected chi connectivity index (χ2v) is 4.98. The summed E-state index contributed by atoms with van der Waals surface area (Å²) >= 11 is 0. The van der Waals surface area contributed by atoms with E-state index in [0.29, 0.717) is 12.4 Å². The lowest BCUT2D eigenvalue weighted by atomic mass is 10.1. The Morgan fingerprint density at radius 2 is 2.00 bits per heavy atom. The van der Waals surface area contributed by atoms with Crippen molar-refractivity contribution in [2.75, 3.05) is 33.1 Å². The Kier molecular flexibility index (Phi) is 5.11. The molecule has 112 valence electrons. The number of benzene rings is 1. The number of hydrogen-bond acceptors (Lipinski definition) is 4. The van der Waals surface area contributed by atoms with Crippen LogP contribution < -0.4 is 10.1 Å². The summed E-state index contributed by atoms with van der Waals surface area (Å²) in [5.41, 5.74) is 1.13. The molecule has 0 saturated carbocycles. The van der Waals surface area contributed by atoms with Gasteiger partial charge in [-0.25, -0.2) is 4.98 Å². The summed E-state index contributed by atoms with van der Waals surface area (Å²) in [5, 5.41) is 3.17. The third-order valence-corrected chi connectivity index (χ3v) is 3.29. The summed E-state index contributed by atoms with van der Waals surface area (Å²) in [6, 6.07) is 12.8. The predicted octanol–water partition coefficient (Wildman–Crippen LogP) is 2.94. The summed E-state index contributed by atoms with van der Waals surface area (Å²) in [5.74, 6) is 0.871. The molecule has 0 amide bonds. The zero-order valence-electron chi connectivity index (χ0n) is 12.5. The Morgan fingerprint density at radius 3 is 2.67 bits per heavy atom. The first kappa shape index (κ1) is 15.3. The molecule has 5 heteroatoms. The lowest BCUT2D eigenvalue weighted by Crippen LogP contribution is -2.27. The van der Waals surface area contributed by atoms with E-state index in [1.165, 1.54) is 6.07 Å². The summed E-state index contributed by atoms with van der Waals surface area (Å²) < 4.78 is 18.4. The topological polar surface area (TPSA) is 37.4 Å². The maximum absolute atomic E-state index is 13.1. The van der Waals surface area contributed by atoms with Crippen LogP contribution in [0.3, 0.4) is 0 Å². The zero-order valence-corrected chi connectivity index (χ0v) is 12.5. The van der Waals surface area contributed by atoms with E-state index in [4.69, 9.17) is 4.74 Å². The van der Waals surface area contributed by atoms with Crippen molar-refractivity contribution in [2.24, 2.45) is 0 Å². The number of nitrogens with one attached hydrogen (secondary N) is 1. The van der Waals surface area contributed by atoms with Crippen molar-refractivity contribution in [3.05, 3.63) is 54.0 Å². The molecular formula is C16H20FN3O. The second-order valence-electron chi connectivity index (χ2n) is 4.98. The molecule has 0 aliphatic rings. The van der Waals surface area contributed by atoms with Gasteiger partial charge in [-0.2, -0.15) is 4.39 Å². The largest absolute Gasteiger partial charge is 0.497 e. The standard InChI is InChI=1S/C16H20FN3O/c1-20(2)14(12-6-4-7-13(10-12)21-3)11-18-16-9-5-8-15(17)19-16/h4-10,14H,11H2,1-3H3,(H,18,19). The molecule has 0 aliphatic carbocycles. The summed E-state index contributed by atoms with van der Waals surface area (Å²) in [6.07, 6.45) is 0. The first-order valence-corrected chi connectivity index (χ1v) is 6.77. The van der Waals surface area contributed by atoms with Crippen LogP contribution in [0.1, 0.15) is 11.6 Å². The minimum atomic E-state index is -0.484. The van der Waals surface area contributed by atoms with E-state index in [9.17, 15) is 4.39 Å². The van der Waals surface area contributed by atoms with Crippen LogP contribution in [0.2, 0.25) is 0 Å². The van der Waals surface area contributed by atoms with E-state index >= 15 is 0 Å². The zero-order chi connectivity index (χ0) is 15.2. The van der Waals surface area contributed by atoms with Crippen molar-refractivity contribution < 1.29 is 9.13 Å². The number of pyridine rings is 1. The minimum absolute atomic E-state index is 0.130. The molecule has 21 heavy (non-hydrogen) atoms. The fourth-order valence-electron chi connectivity index (χ4n) is 2.16. The fourth-order valence-corrected chi connectivity index (χ4v) is 2.16. The van der Waals surface area contributed by atoms with Crippen LogP contribution in [0, 0.1) is 5.95 Å². The van der Waals surface area contributed by atoms with Gasteiger partial charge in [-0.1, -0.05) is 18.2 Å². The van der Waals surface area contributed by atoms with E-state index in [2.05, 4.69) is 15.2 Å². The smallest absolute Gasteiger partial charge is 0.214 e. The van der Waals surface area contributed by atoms with Gasteiger partial charge in [-0.3, -0.25) is 0 Å². The van der Waals surface area contributed by atoms with Gasteiger partial charge in [0, 0.05) is 6.54 Å². The summed E-state index contributed by atoms with van der Waals surface area (Å²) in [7, 11) is 5.66. The second kappa shape index (κ2) is 7.04. The number of rotatable bonds is 6. The van der Waals surface area contributed by atoms with Crippen molar-refractivity contribution in [3.63, 3.8) is 0 Å². The van der Waals surface area contributed by atoms with Crippen LogP contribution in [-0.4, -0.2) is 37.6 Å². The lowest BCUT2D eigenvalue weighted by Gasteiger charge is -2.25. The number of nitrogens with zero attached hydrogens (tertiary/aromatic N) is 2. The predicted molar refractivity (Wildman–Crippen MR) is 82.1 cm³/mol. The van der Waals surface area contributed by atoms with Crippen LogP contribution in [0.4, 0.5) is 10.2 Å². The van der Waals surface area contributed by atoms with Gasteiger partial charge in [-0.05, 0) is 43.9 Å². The maximum atomic E-state index is 13.1. The van der Waals surface area contributed by atoms with Gasteiger partial charge in [0.2, 0.25) is 5.95 Å². The van der Waals surface area contributed by atoms with Gasteiger partial charge in [-0.15, -0.1) is 0 Å². The van der Waals surface area contributed by atoms with E-state index in [1.807, 2.05) is 38.4 Å². The molecular weight excluding hydrogens is 269 g/mol. The van der Waals surface area contributed by atoms with Crippen molar-refractivity contribution in [3.8, 4) is 5.75 Å². The van der Waals surface area contributed by atoms with Crippen molar-refractivity contribution in [1.29, 1.82) is 0 Å². The number of hydrogen-bond donors (Lipinski definition) is 1. The van der Waals surface area contributed by atoms with Gasteiger partial charge >= 0.3 is 0 Å². The number of likely N-dealkylation sites (N-methyl/N-ethyl adjacent to an activating group) is 1. The third kappa shape index (κ3) is 4.16. The highest BCUT2D eigenvalue weighted by atomic mass is 19.1. The van der Waals surface area contributed by atoms with E-state index < -0.39 is 5.95 Å². The molecule has 1 aromatic carbocycles. The van der Waals surface area contributed by atoms with Gasteiger partial charge in [0.15, 0.2) is 0 Å². The maximum Gasteiger partial charge on any atom is 0.214 e. The molecule has 2 aromatic rings. The SMILES string of the molecule is COc1cccc(C(CNc2cccc(F)n2)N(C)C)c1. The third-order valence-electron chi connectivity index (χ3n) is 3.29. The van der Waals surface area contributed by atoms with Crippen LogP contribution >= 0.6 is 0 Å².